The fraction of sp³-hybridized carbons (Fsp3) is 0.500. The molecule has 1 aliphatic heterocycles. The maximum atomic E-state index is 12.7. The summed E-state index contributed by atoms with van der Waals surface area (Å²) in [4.78, 5) is 30.8. The van der Waals surface area contributed by atoms with Crippen molar-refractivity contribution in [3.05, 3.63) is 41.3 Å². The van der Waals surface area contributed by atoms with Crippen molar-refractivity contribution in [3.63, 3.8) is 0 Å². The molecule has 8 nitrogen and oxygen atoms in total. The summed E-state index contributed by atoms with van der Waals surface area (Å²) in [6, 6.07) is 5.39. The van der Waals surface area contributed by atoms with Crippen LogP contribution in [0.5, 0.6) is 5.88 Å². The van der Waals surface area contributed by atoms with Crippen molar-refractivity contribution in [1.82, 2.24) is 25.0 Å². The zero-order valence-electron chi connectivity index (χ0n) is 16.1. The van der Waals surface area contributed by atoms with Crippen molar-refractivity contribution in [2.24, 2.45) is 5.92 Å². The van der Waals surface area contributed by atoms with Gasteiger partial charge in [0.2, 0.25) is 11.8 Å². The van der Waals surface area contributed by atoms with E-state index in [1.807, 2.05) is 10.7 Å². The molecule has 2 aromatic heterocycles. The minimum Gasteiger partial charge on any atom is -0.481 e. The summed E-state index contributed by atoms with van der Waals surface area (Å²) in [5.41, 5.74) is 2.35. The number of rotatable bonds is 5. The SMILES string of the molecule is COc1ccc(C(=O)N2CCn3nc(CNC(=O)C4CCCC4)cc3C2)cn1. The monoisotopic (exact) mass is 383 g/mol. The van der Waals surface area contributed by atoms with Crippen LogP contribution in [0.1, 0.15) is 47.4 Å². The first kappa shape index (κ1) is 18.5. The highest BCUT2D eigenvalue weighted by molar-refractivity contribution is 5.94. The number of nitrogens with one attached hydrogen (secondary N) is 1. The molecule has 1 aliphatic carbocycles. The topological polar surface area (TPSA) is 89.4 Å². The number of aromatic nitrogens is 3. The molecule has 1 N–H and O–H groups in total. The van der Waals surface area contributed by atoms with Gasteiger partial charge >= 0.3 is 0 Å². The summed E-state index contributed by atoms with van der Waals surface area (Å²) in [5.74, 6) is 0.715. The molecule has 0 saturated heterocycles. The average Bonchev–Trinajstić information content (AvgIpc) is 3.40. The maximum Gasteiger partial charge on any atom is 0.255 e. The molecule has 2 aromatic rings. The Labute approximate surface area is 163 Å². The molecule has 1 fully saturated rings. The van der Waals surface area contributed by atoms with Gasteiger partial charge < -0.3 is 15.0 Å². The number of carbonyl (C=O) groups is 2. The number of nitrogens with zero attached hydrogens (tertiary/aromatic N) is 4. The first-order valence-electron chi connectivity index (χ1n) is 9.76. The minimum atomic E-state index is -0.0568. The first-order chi connectivity index (χ1) is 13.6. The fourth-order valence-electron chi connectivity index (χ4n) is 3.91. The van der Waals surface area contributed by atoms with Gasteiger partial charge in [-0.05, 0) is 25.0 Å². The molecule has 1 saturated carbocycles. The molecular formula is C20H25N5O3. The summed E-state index contributed by atoms with van der Waals surface area (Å²) in [5, 5.41) is 7.58. The fourth-order valence-corrected chi connectivity index (χ4v) is 3.91. The van der Waals surface area contributed by atoms with Gasteiger partial charge in [0, 0.05) is 24.7 Å². The number of methoxy groups -OCH3 is 1. The van der Waals surface area contributed by atoms with E-state index < -0.39 is 0 Å². The van der Waals surface area contributed by atoms with E-state index in [1.165, 1.54) is 6.20 Å². The number of hydrogen-bond acceptors (Lipinski definition) is 5. The van der Waals surface area contributed by atoms with Crippen LogP contribution < -0.4 is 10.1 Å². The van der Waals surface area contributed by atoms with Gasteiger partial charge in [-0.2, -0.15) is 5.10 Å². The maximum absolute atomic E-state index is 12.7. The highest BCUT2D eigenvalue weighted by atomic mass is 16.5. The van der Waals surface area contributed by atoms with E-state index >= 15 is 0 Å². The van der Waals surface area contributed by atoms with Gasteiger partial charge in [-0.3, -0.25) is 14.3 Å². The van der Waals surface area contributed by atoms with Crippen molar-refractivity contribution in [1.29, 1.82) is 0 Å². The smallest absolute Gasteiger partial charge is 0.255 e. The van der Waals surface area contributed by atoms with Gasteiger partial charge in [0.25, 0.3) is 5.91 Å². The highest BCUT2D eigenvalue weighted by Gasteiger charge is 2.25. The van der Waals surface area contributed by atoms with E-state index in [2.05, 4.69) is 15.4 Å². The normalized spacial score (nSPS) is 16.7. The third-order valence-electron chi connectivity index (χ3n) is 5.50. The number of ether oxygens (including phenoxy) is 1. The third-order valence-corrected chi connectivity index (χ3v) is 5.50. The van der Waals surface area contributed by atoms with Crippen molar-refractivity contribution in [2.45, 2.75) is 45.3 Å². The largest absolute Gasteiger partial charge is 0.481 e. The Kier molecular flexibility index (Phi) is 5.27. The Hall–Kier alpha value is -2.90. The molecule has 2 aliphatic rings. The molecule has 0 unspecified atom stereocenters. The van der Waals surface area contributed by atoms with Gasteiger partial charge in [-0.25, -0.2) is 4.98 Å². The quantitative estimate of drug-likeness (QED) is 0.850. The van der Waals surface area contributed by atoms with E-state index in [1.54, 1.807) is 24.1 Å². The average molecular weight is 383 g/mol. The molecule has 0 bridgehead atoms. The van der Waals surface area contributed by atoms with Gasteiger partial charge in [-0.1, -0.05) is 12.8 Å². The summed E-state index contributed by atoms with van der Waals surface area (Å²) < 4.78 is 6.96. The van der Waals surface area contributed by atoms with Crippen LogP contribution in [0.4, 0.5) is 0 Å². The molecule has 0 spiro atoms. The van der Waals surface area contributed by atoms with Crippen LogP contribution in [0.15, 0.2) is 24.4 Å². The minimum absolute atomic E-state index is 0.0568. The molecule has 2 amide bonds. The summed E-state index contributed by atoms with van der Waals surface area (Å²) in [6.07, 6.45) is 5.80. The Bertz CT molecular complexity index is 855. The number of pyridine rings is 1. The van der Waals surface area contributed by atoms with Crippen molar-refractivity contribution < 1.29 is 14.3 Å². The van der Waals surface area contributed by atoms with Crippen molar-refractivity contribution in [3.8, 4) is 5.88 Å². The zero-order valence-corrected chi connectivity index (χ0v) is 16.1. The van der Waals surface area contributed by atoms with Gasteiger partial charge in [0.05, 0.1) is 43.7 Å². The standard InChI is InChI=1S/C20H25N5O3/c1-28-18-7-6-15(11-21-18)20(27)24-8-9-25-17(13-24)10-16(23-25)12-22-19(26)14-4-2-3-5-14/h6-7,10-11,14H,2-5,8-9,12-13H2,1H3,(H,22,26). The zero-order chi connectivity index (χ0) is 19.5. The predicted molar refractivity (Wildman–Crippen MR) is 102 cm³/mol. The van der Waals surface area contributed by atoms with Crippen LogP contribution in [-0.2, 0) is 24.4 Å². The molecule has 3 heterocycles. The number of fused-ring (bicyclic) bond motifs is 1. The van der Waals surface area contributed by atoms with Gasteiger partial charge in [0.15, 0.2) is 0 Å². The lowest BCUT2D eigenvalue weighted by atomic mass is 10.1. The lowest BCUT2D eigenvalue weighted by molar-refractivity contribution is -0.125. The predicted octanol–water partition coefficient (Wildman–Crippen LogP) is 1.75. The summed E-state index contributed by atoms with van der Waals surface area (Å²) in [6.45, 7) is 2.16. The van der Waals surface area contributed by atoms with E-state index in [9.17, 15) is 9.59 Å². The van der Waals surface area contributed by atoms with Crippen LogP contribution in [-0.4, -0.2) is 45.1 Å². The van der Waals surface area contributed by atoms with Crippen LogP contribution >= 0.6 is 0 Å². The molecule has 148 valence electrons. The number of hydrogen-bond donors (Lipinski definition) is 1. The summed E-state index contributed by atoms with van der Waals surface area (Å²) >= 11 is 0. The van der Waals surface area contributed by atoms with Crippen molar-refractivity contribution in [2.75, 3.05) is 13.7 Å². The number of amides is 2. The third kappa shape index (κ3) is 3.85. The molecular weight excluding hydrogens is 358 g/mol. The van der Waals surface area contributed by atoms with Crippen molar-refractivity contribution >= 4 is 11.8 Å². The molecule has 8 heteroatoms. The van der Waals surface area contributed by atoms with E-state index in [4.69, 9.17) is 4.74 Å². The second-order valence-electron chi connectivity index (χ2n) is 7.37. The Balaban J connectivity index is 1.37. The second-order valence-corrected chi connectivity index (χ2v) is 7.37. The lowest BCUT2D eigenvalue weighted by Gasteiger charge is -2.27. The Morgan fingerprint density at radius 3 is 2.79 bits per heavy atom. The van der Waals surface area contributed by atoms with E-state index in [0.717, 1.165) is 37.1 Å². The summed E-state index contributed by atoms with van der Waals surface area (Å²) in [7, 11) is 1.55. The number of carbonyl (C=O) groups excluding carboxylic acids is 2. The molecule has 4 rings (SSSR count). The molecule has 28 heavy (non-hydrogen) atoms. The van der Waals surface area contributed by atoms with Crippen LogP contribution in [0, 0.1) is 5.92 Å². The lowest BCUT2D eigenvalue weighted by Crippen LogP contribution is -2.38. The van der Waals surface area contributed by atoms with Crippen LogP contribution in [0.25, 0.3) is 0 Å². The van der Waals surface area contributed by atoms with Crippen LogP contribution in [0.2, 0.25) is 0 Å². The van der Waals surface area contributed by atoms with E-state index in [-0.39, 0.29) is 17.7 Å². The Morgan fingerprint density at radius 2 is 2.07 bits per heavy atom. The van der Waals surface area contributed by atoms with E-state index in [0.29, 0.717) is 37.6 Å². The first-order valence-corrected chi connectivity index (χ1v) is 9.76. The van der Waals surface area contributed by atoms with Gasteiger partial charge in [-0.15, -0.1) is 0 Å². The molecule has 0 aromatic carbocycles. The van der Waals surface area contributed by atoms with Crippen LogP contribution in [0.3, 0.4) is 0 Å². The molecule has 0 atom stereocenters. The second kappa shape index (κ2) is 8.00. The van der Waals surface area contributed by atoms with Gasteiger partial charge in [0.1, 0.15) is 0 Å². The highest BCUT2D eigenvalue weighted by Crippen LogP contribution is 2.24. The molecule has 0 radical (unpaired) electrons. The Morgan fingerprint density at radius 1 is 1.25 bits per heavy atom.